The molecule has 27 heavy (non-hydrogen) atoms. The zero-order valence-corrected chi connectivity index (χ0v) is 15.1. The van der Waals surface area contributed by atoms with E-state index in [1.807, 2.05) is 24.3 Å². The van der Waals surface area contributed by atoms with Crippen LogP contribution in [-0.4, -0.2) is 73.1 Å². The van der Waals surface area contributed by atoms with Gasteiger partial charge in [-0.25, -0.2) is 0 Å². The number of H-pyrrole nitrogens is 1. The number of carboxylic acid groups (broad SMARTS) is 1. The van der Waals surface area contributed by atoms with Crippen molar-refractivity contribution < 1.29 is 14.7 Å². The number of aromatic amines is 1. The fourth-order valence-corrected chi connectivity index (χ4v) is 4.38. The minimum absolute atomic E-state index is 0.0621. The van der Waals surface area contributed by atoms with E-state index in [-0.39, 0.29) is 12.3 Å². The highest BCUT2D eigenvalue weighted by molar-refractivity contribution is 5.88. The maximum atomic E-state index is 12.1. The number of carbonyl (C=O) groups is 2. The van der Waals surface area contributed by atoms with Gasteiger partial charge in [-0.15, -0.1) is 10.2 Å². The van der Waals surface area contributed by atoms with E-state index >= 15 is 0 Å². The fraction of sp³-hybridized carbons (Fsp3) is 0.500. The van der Waals surface area contributed by atoms with E-state index in [0.29, 0.717) is 18.7 Å². The van der Waals surface area contributed by atoms with E-state index in [0.717, 1.165) is 25.2 Å². The summed E-state index contributed by atoms with van der Waals surface area (Å²) in [4.78, 5) is 27.7. The summed E-state index contributed by atoms with van der Waals surface area (Å²) in [5.41, 5.74) is 1.53. The molecule has 0 saturated carbocycles. The summed E-state index contributed by atoms with van der Waals surface area (Å²) < 4.78 is 0. The number of nitrogens with zero attached hydrogens (tertiary/aromatic N) is 5. The number of hydrogen-bond donors (Lipinski definition) is 2. The first-order valence-electron chi connectivity index (χ1n) is 9.04. The van der Waals surface area contributed by atoms with Crippen LogP contribution in [0.4, 0.5) is 0 Å². The molecule has 9 heteroatoms. The molecule has 2 aromatic rings. The van der Waals surface area contributed by atoms with Crippen LogP contribution in [0.5, 0.6) is 0 Å². The van der Waals surface area contributed by atoms with Crippen molar-refractivity contribution in [1.29, 1.82) is 0 Å². The van der Waals surface area contributed by atoms with E-state index in [1.54, 1.807) is 11.9 Å². The lowest BCUT2D eigenvalue weighted by molar-refractivity contribution is -0.146. The fourth-order valence-electron chi connectivity index (χ4n) is 4.38. The Morgan fingerprint density at radius 1 is 1.30 bits per heavy atom. The highest BCUT2D eigenvalue weighted by atomic mass is 16.4. The van der Waals surface area contributed by atoms with Gasteiger partial charge in [0.1, 0.15) is 0 Å². The lowest BCUT2D eigenvalue weighted by Gasteiger charge is -2.45. The predicted molar refractivity (Wildman–Crippen MR) is 95.4 cm³/mol. The first-order valence-corrected chi connectivity index (χ1v) is 9.04. The normalized spacial score (nSPS) is 22.5. The molecule has 4 rings (SSSR count). The second-order valence-corrected chi connectivity index (χ2v) is 7.36. The van der Waals surface area contributed by atoms with Gasteiger partial charge in [0.25, 0.3) is 0 Å². The number of carboxylic acids is 1. The molecule has 1 aromatic carbocycles. The van der Waals surface area contributed by atoms with Crippen LogP contribution in [0.1, 0.15) is 24.8 Å². The van der Waals surface area contributed by atoms with Gasteiger partial charge in [0.2, 0.25) is 11.7 Å². The van der Waals surface area contributed by atoms with Crippen LogP contribution in [-0.2, 0) is 16.1 Å². The second-order valence-electron chi connectivity index (χ2n) is 7.36. The molecular weight excluding hydrogens is 348 g/mol. The zero-order chi connectivity index (χ0) is 19.0. The minimum atomic E-state index is -0.863. The molecule has 1 spiro atoms. The van der Waals surface area contributed by atoms with Crippen LogP contribution >= 0.6 is 0 Å². The van der Waals surface area contributed by atoms with Crippen molar-refractivity contribution in [2.24, 2.45) is 5.92 Å². The molecule has 2 fully saturated rings. The van der Waals surface area contributed by atoms with Gasteiger partial charge in [-0.3, -0.25) is 14.5 Å². The van der Waals surface area contributed by atoms with E-state index < -0.39 is 17.4 Å². The van der Waals surface area contributed by atoms with Crippen molar-refractivity contribution in [2.45, 2.75) is 31.3 Å². The minimum Gasteiger partial charge on any atom is -0.481 e. The Morgan fingerprint density at radius 2 is 2.00 bits per heavy atom. The van der Waals surface area contributed by atoms with Crippen molar-refractivity contribution in [3.63, 3.8) is 0 Å². The lowest BCUT2D eigenvalue weighted by atomic mass is 9.77. The van der Waals surface area contributed by atoms with Crippen molar-refractivity contribution in [2.75, 3.05) is 20.1 Å². The summed E-state index contributed by atoms with van der Waals surface area (Å²) in [5, 5.41) is 23.5. The number of benzene rings is 1. The van der Waals surface area contributed by atoms with Gasteiger partial charge in [0.15, 0.2) is 0 Å². The van der Waals surface area contributed by atoms with Gasteiger partial charge in [0, 0.05) is 38.7 Å². The molecular formula is C18H22N6O3. The van der Waals surface area contributed by atoms with Gasteiger partial charge in [-0.1, -0.05) is 24.3 Å². The molecule has 3 heterocycles. The summed E-state index contributed by atoms with van der Waals surface area (Å²) in [6.07, 6.45) is 1.49. The van der Waals surface area contributed by atoms with Crippen LogP contribution < -0.4 is 0 Å². The molecule has 0 radical (unpaired) electrons. The number of likely N-dealkylation sites (tertiary alicyclic amines) is 2. The Kier molecular flexibility index (Phi) is 4.39. The number of rotatable bonds is 4. The van der Waals surface area contributed by atoms with E-state index in [1.165, 1.54) is 5.56 Å². The highest BCUT2D eigenvalue weighted by Gasteiger charge is 2.55. The third kappa shape index (κ3) is 3.08. The molecule has 0 bridgehead atoms. The molecule has 1 unspecified atom stereocenters. The standard InChI is InChI=1S/C18H22N6O3/c1-23-15(25)10-14(17(26)27)18(23)6-8-24(9-7-18)11-12-2-4-13(5-3-12)16-19-21-22-20-16/h2-5,14H,6-11H2,1H3,(H,26,27)(H,19,20,21,22). The molecule has 1 amide bonds. The molecule has 9 nitrogen and oxygen atoms in total. The molecule has 2 aliphatic heterocycles. The number of aromatic nitrogens is 4. The van der Waals surface area contributed by atoms with Gasteiger partial charge in [0.05, 0.1) is 11.5 Å². The Balaban J connectivity index is 1.41. The Labute approximate surface area is 156 Å². The molecule has 2 N–H and O–H groups in total. The summed E-state index contributed by atoms with van der Waals surface area (Å²) in [6.45, 7) is 2.33. The first kappa shape index (κ1) is 17.6. The van der Waals surface area contributed by atoms with Gasteiger partial charge in [-0.05, 0) is 23.6 Å². The van der Waals surface area contributed by atoms with Crippen LogP contribution in [0, 0.1) is 5.92 Å². The third-order valence-corrected chi connectivity index (χ3v) is 6.05. The van der Waals surface area contributed by atoms with Gasteiger partial charge < -0.3 is 10.0 Å². The topological polar surface area (TPSA) is 115 Å². The SMILES string of the molecule is CN1C(=O)CC(C(=O)O)C12CCN(Cc1ccc(-c3nn[nH]n3)cc1)CC2. The molecule has 1 aromatic heterocycles. The summed E-state index contributed by atoms with van der Waals surface area (Å²) in [7, 11) is 1.75. The molecule has 2 aliphatic rings. The average molecular weight is 370 g/mol. The monoisotopic (exact) mass is 370 g/mol. The Bertz CT molecular complexity index is 827. The molecule has 1 atom stereocenters. The van der Waals surface area contributed by atoms with Crippen LogP contribution in [0.15, 0.2) is 24.3 Å². The number of tetrazole rings is 1. The lowest BCUT2D eigenvalue weighted by Crippen LogP contribution is -2.55. The largest absolute Gasteiger partial charge is 0.481 e. The Hall–Kier alpha value is -2.81. The van der Waals surface area contributed by atoms with E-state index in [4.69, 9.17) is 0 Å². The number of aliphatic carboxylic acids is 1. The van der Waals surface area contributed by atoms with Crippen LogP contribution in [0.2, 0.25) is 0 Å². The van der Waals surface area contributed by atoms with Gasteiger partial charge >= 0.3 is 5.97 Å². The average Bonchev–Trinajstić information content (AvgIpc) is 3.28. The van der Waals surface area contributed by atoms with Crippen molar-refractivity contribution in [3.8, 4) is 11.4 Å². The molecule has 142 valence electrons. The maximum absolute atomic E-state index is 12.1. The second kappa shape index (κ2) is 6.73. The molecule has 0 aliphatic carbocycles. The number of piperidine rings is 1. The summed E-state index contributed by atoms with van der Waals surface area (Å²) in [6, 6.07) is 8.02. The van der Waals surface area contributed by atoms with Crippen LogP contribution in [0.3, 0.4) is 0 Å². The van der Waals surface area contributed by atoms with Crippen molar-refractivity contribution in [3.05, 3.63) is 29.8 Å². The number of nitrogens with one attached hydrogen (secondary N) is 1. The van der Waals surface area contributed by atoms with Crippen molar-refractivity contribution >= 4 is 11.9 Å². The summed E-state index contributed by atoms with van der Waals surface area (Å²) in [5.74, 6) is -0.965. The smallest absolute Gasteiger partial charge is 0.309 e. The number of hydrogen-bond acceptors (Lipinski definition) is 6. The van der Waals surface area contributed by atoms with E-state index in [2.05, 4.69) is 25.5 Å². The quantitative estimate of drug-likeness (QED) is 0.816. The van der Waals surface area contributed by atoms with E-state index in [9.17, 15) is 14.7 Å². The Morgan fingerprint density at radius 3 is 2.59 bits per heavy atom. The highest BCUT2D eigenvalue weighted by Crippen LogP contribution is 2.43. The molecule has 2 saturated heterocycles. The van der Waals surface area contributed by atoms with Crippen LogP contribution in [0.25, 0.3) is 11.4 Å². The number of carbonyl (C=O) groups excluding carboxylic acids is 1. The third-order valence-electron chi connectivity index (χ3n) is 6.05. The first-order chi connectivity index (χ1) is 13.0. The zero-order valence-electron chi connectivity index (χ0n) is 15.1. The predicted octanol–water partition coefficient (Wildman–Crippen LogP) is 0.764. The maximum Gasteiger partial charge on any atom is 0.309 e. The van der Waals surface area contributed by atoms with Gasteiger partial charge in [-0.2, -0.15) is 5.21 Å². The van der Waals surface area contributed by atoms with Crippen molar-refractivity contribution in [1.82, 2.24) is 30.4 Å². The summed E-state index contributed by atoms with van der Waals surface area (Å²) >= 11 is 0. The number of amides is 1.